The molecule has 0 spiro atoms. The number of amides is 1. The molecule has 0 aliphatic carbocycles. The number of likely N-dealkylation sites (tertiary alicyclic amines) is 1. The second-order valence-corrected chi connectivity index (χ2v) is 6.73. The summed E-state index contributed by atoms with van der Waals surface area (Å²) in [6.45, 7) is 1.18. The average molecular weight is 364 g/mol. The lowest BCUT2D eigenvalue weighted by Crippen LogP contribution is -3.11. The normalized spacial score (nSPS) is 19.8. The van der Waals surface area contributed by atoms with Gasteiger partial charge in [0.2, 0.25) is 0 Å². The number of hydrogen-bond acceptors (Lipinski definition) is 3. The lowest BCUT2D eigenvalue weighted by molar-refractivity contribution is -0.910. The third kappa shape index (κ3) is 3.83. The van der Waals surface area contributed by atoms with Crippen molar-refractivity contribution in [1.82, 2.24) is 4.57 Å². The fraction of sp³-hybridized carbons (Fsp3) is 0.353. The number of aryl methyl sites for hydroxylation is 1. The van der Waals surface area contributed by atoms with Crippen molar-refractivity contribution in [2.24, 2.45) is 7.05 Å². The Bertz CT molecular complexity index is 805. The number of carbonyl (C=O) groups is 1. The van der Waals surface area contributed by atoms with Gasteiger partial charge in [0.05, 0.1) is 17.2 Å². The highest BCUT2D eigenvalue weighted by Gasteiger charge is 2.33. The first-order valence-electron chi connectivity index (χ1n) is 8.15. The smallest absolute Gasteiger partial charge is 0.294 e. The zero-order valence-electron chi connectivity index (χ0n) is 13.9. The molecule has 1 amide bonds. The van der Waals surface area contributed by atoms with Crippen LogP contribution in [0.5, 0.6) is 0 Å². The molecule has 8 heteroatoms. The lowest BCUT2D eigenvalue weighted by Gasteiger charge is -2.21. The van der Waals surface area contributed by atoms with E-state index in [1.165, 1.54) is 28.8 Å². The summed E-state index contributed by atoms with van der Waals surface area (Å²) in [5, 5.41) is 14.1. The number of carbonyl (C=O) groups excluding carboxylic acids is 1. The largest absolute Gasteiger partial charge is 0.350 e. The number of nitrogens with one attached hydrogen (secondary N) is 2. The summed E-state index contributed by atoms with van der Waals surface area (Å²) < 4.78 is 2.08. The van der Waals surface area contributed by atoms with Crippen LogP contribution in [0.25, 0.3) is 0 Å². The van der Waals surface area contributed by atoms with Gasteiger partial charge in [-0.2, -0.15) is 0 Å². The topological polar surface area (TPSA) is 81.6 Å². The highest BCUT2D eigenvalue weighted by molar-refractivity contribution is 6.31. The molecule has 1 aromatic carbocycles. The van der Waals surface area contributed by atoms with Crippen molar-refractivity contribution in [2.75, 3.05) is 18.4 Å². The second kappa shape index (κ2) is 7.25. The number of nitro benzene ring substituents is 1. The van der Waals surface area contributed by atoms with Gasteiger partial charge in [-0.05, 0) is 24.3 Å². The van der Waals surface area contributed by atoms with Crippen LogP contribution >= 0.6 is 11.6 Å². The minimum atomic E-state index is -0.545. The number of nitrogens with zero attached hydrogens (tertiary/aromatic N) is 2. The molecular weight excluding hydrogens is 344 g/mol. The Morgan fingerprint density at radius 3 is 2.96 bits per heavy atom. The van der Waals surface area contributed by atoms with Crippen molar-refractivity contribution in [2.45, 2.75) is 18.9 Å². The molecule has 1 fully saturated rings. The standard InChI is InChI=1S/C17H19ClN4O3/c1-20-8-2-4-14(20)15-5-3-9-21(15)11-17(23)19-13-7-6-12(18)10-16(13)22(24)25/h2,4,6-8,10,15H,3,5,9,11H2,1H3,(H,19,23)/p+1/t15-/m0/s1. The summed E-state index contributed by atoms with van der Waals surface area (Å²) >= 11 is 5.80. The van der Waals surface area contributed by atoms with Crippen LogP contribution in [-0.2, 0) is 11.8 Å². The highest BCUT2D eigenvalue weighted by Crippen LogP contribution is 2.27. The quantitative estimate of drug-likeness (QED) is 0.629. The van der Waals surface area contributed by atoms with Gasteiger partial charge in [0.1, 0.15) is 11.7 Å². The molecule has 132 valence electrons. The summed E-state index contributed by atoms with van der Waals surface area (Å²) in [4.78, 5) is 24.2. The molecule has 2 aromatic rings. The van der Waals surface area contributed by atoms with Crippen molar-refractivity contribution >= 4 is 28.9 Å². The molecule has 0 radical (unpaired) electrons. The van der Waals surface area contributed by atoms with Crippen LogP contribution in [0.2, 0.25) is 5.02 Å². The van der Waals surface area contributed by atoms with E-state index in [4.69, 9.17) is 11.6 Å². The number of hydrogen-bond donors (Lipinski definition) is 2. The van der Waals surface area contributed by atoms with Crippen LogP contribution in [0.3, 0.4) is 0 Å². The Hall–Kier alpha value is -2.38. The molecule has 2 heterocycles. The second-order valence-electron chi connectivity index (χ2n) is 6.29. The van der Waals surface area contributed by atoms with Crippen LogP contribution in [-0.4, -0.2) is 28.5 Å². The fourth-order valence-corrected chi connectivity index (χ4v) is 3.65. The lowest BCUT2D eigenvalue weighted by atomic mass is 10.1. The minimum absolute atomic E-state index is 0.174. The summed E-state index contributed by atoms with van der Waals surface area (Å²) in [6.07, 6.45) is 4.09. The van der Waals surface area contributed by atoms with E-state index in [0.29, 0.717) is 0 Å². The molecule has 1 aromatic heterocycles. The number of rotatable bonds is 5. The zero-order chi connectivity index (χ0) is 18.0. The third-order valence-electron chi connectivity index (χ3n) is 4.64. The van der Waals surface area contributed by atoms with Gasteiger partial charge in [0, 0.05) is 37.2 Å². The number of aromatic nitrogens is 1. The molecule has 2 atom stereocenters. The maximum absolute atomic E-state index is 12.4. The monoisotopic (exact) mass is 363 g/mol. The van der Waals surface area contributed by atoms with Crippen molar-refractivity contribution in [1.29, 1.82) is 0 Å². The Morgan fingerprint density at radius 2 is 2.28 bits per heavy atom. The van der Waals surface area contributed by atoms with E-state index in [2.05, 4.69) is 16.0 Å². The Kier molecular flexibility index (Phi) is 5.06. The van der Waals surface area contributed by atoms with E-state index >= 15 is 0 Å². The van der Waals surface area contributed by atoms with Crippen LogP contribution in [0.15, 0.2) is 36.5 Å². The first kappa shape index (κ1) is 17.4. The third-order valence-corrected chi connectivity index (χ3v) is 4.88. The predicted octanol–water partition coefficient (Wildman–Crippen LogP) is 1.95. The van der Waals surface area contributed by atoms with Gasteiger partial charge in [0.25, 0.3) is 11.6 Å². The molecule has 2 N–H and O–H groups in total. The Morgan fingerprint density at radius 1 is 1.48 bits per heavy atom. The van der Waals surface area contributed by atoms with Gasteiger partial charge in [-0.25, -0.2) is 0 Å². The SMILES string of the molecule is Cn1cccc1[C@@H]1CCC[NH+]1CC(=O)Nc1ccc(Cl)cc1[N+](=O)[O-]. The number of halogens is 1. The number of nitro groups is 1. The first-order chi connectivity index (χ1) is 12.0. The number of benzene rings is 1. The van der Waals surface area contributed by atoms with E-state index in [1.54, 1.807) is 0 Å². The summed E-state index contributed by atoms with van der Waals surface area (Å²) in [5.74, 6) is -0.235. The molecule has 0 saturated carbocycles. The summed E-state index contributed by atoms with van der Waals surface area (Å²) in [7, 11) is 2.00. The van der Waals surface area contributed by atoms with Crippen molar-refractivity contribution in [3.8, 4) is 0 Å². The maximum Gasteiger partial charge on any atom is 0.294 e. The van der Waals surface area contributed by atoms with Crippen molar-refractivity contribution in [3.05, 3.63) is 57.4 Å². The van der Waals surface area contributed by atoms with Gasteiger partial charge in [-0.1, -0.05) is 11.6 Å². The fourth-order valence-electron chi connectivity index (χ4n) is 3.48. The predicted molar refractivity (Wildman–Crippen MR) is 94.8 cm³/mol. The van der Waals surface area contributed by atoms with Crippen molar-refractivity contribution < 1.29 is 14.6 Å². The van der Waals surface area contributed by atoms with E-state index in [9.17, 15) is 14.9 Å². The number of quaternary nitrogens is 1. The van der Waals surface area contributed by atoms with Crippen molar-refractivity contribution in [3.63, 3.8) is 0 Å². The van der Waals surface area contributed by atoms with E-state index < -0.39 is 4.92 Å². The van der Waals surface area contributed by atoms with Crippen LogP contribution in [0.4, 0.5) is 11.4 Å². The molecule has 1 unspecified atom stereocenters. The molecule has 3 rings (SSSR count). The highest BCUT2D eigenvalue weighted by atomic mass is 35.5. The molecule has 25 heavy (non-hydrogen) atoms. The molecule has 0 bridgehead atoms. The van der Waals surface area contributed by atoms with Crippen LogP contribution < -0.4 is 10.2 Å². The summed E-state index contributed by atoms with van der Waals surface area (Å²) in [6, 6.07) is 8.59. The summed E-state index contributed by atoms with van der Waals surface area (Å²) in [5.41, 5.74) is 1.18. The molecule has 1 saturated heterocycles. The molecule has 7 nitrogen and oxygen atoms in total. The molecular formula is C17H20ClN4O3+. The minimum Gasteiger partial charge on any atom is -0.350 e. The van der Waals surface area contributed by atoms with E-state index in [-0.39, 0.29) is 34.9 Å². The maximum atomic E-state index is 12.4. The first-order valence-corrected chi connectivity index (χ1v) is 8.53. The van der Waals surface area contributed by atoms with Gasteiger partial charge in [-0.15, -0.1) is 0 Å². The molecule has 1 aliphatic heterocycles. The average Bonchev–Trinajstić information content (AvgIpc) is 3.17. The van der Waals surface area contributed by atoms with E-state index in [0.717, 1.165) is 19.4 Å². The van der Waals surface area contributed by atoms with Gasteiger partial charge >= 0.3 is 0 Å². The van der Waals surface area contributed by atoms with Gasteiger partial charge < -0.3 is 14.8 Å². The van der Waals surface area contributed by atoms with Gasteiger partial charge in [-0.3, -0.25) is 14.9 Å². The zero-order valence-corrected chi connectivity index (χ0v) is 14.6. The van der Waals surface area contributed by atoms with Crippen LogP contribution in [0.1, 0.15) is 24.6 Å². The Labute approximate surface area is 150 Å². The van der Waals surface area contributed by atoms with Crippen LogP contribution in [0, 0.1) is 10.1 Å². The number of anilines is 1. The Balaban J connectivity index is 1.71. The van der Waals surface area contributed by atoms with E-state index in [1.807, 2.05) is 19.3 Å². The van der Waals surface area contributed by atoms with Gasteiger partial charge in [0.15, 0.2) is 6.54 Å². The molecule has 1 aliphatic rings.